The second kappa shape index (κ2) is 5.85. The first-order valence-corrected chi connectivity index (χ1v) is 8.58. The van der Waals surface area contributed by atoms with E-state index in [1.807, 2.05) is 20.8 Å². The van der Waals surface area contributed by atoms with Crippen LogP contribution < -0.4 is 5.56 Å². The number of H-pyrrole nitrogens is 1. The van der Waals surface area contributed by atoms with Crippen molar-refractivity contribution in [3.63, 3.8) is 0 Å². The van der Waals surface area contributed by atoms with Crippen molar-refractivity contribution >= 4 is 33.3 Å². The van der Waals surface area contributed by atoms with Crippen LogP contribution in [0.3, 0.4) is 0 Å². The van der Waals surface area contributed by atoms with E-state index in [-0.39, 0.29) is 16.6 Å². The molecule has 1 aromatic carbocycles. The monoisotopic (exact) mass is 334 g/mol. The number of aromatic nitrogens is 2. The maximum atomic E-state index is 13.7. The largest absolute Gasteiger partial charge is 0.309 e. The molecule has 114 valence electrons. The minimum Gasteiger partial charge on any atom is -0.309 e. The fourth-order valence-corrected chi connectivity index (χ4v) is 4.23. The summed E-state index contributed by atoms with van der Waals surface area (Å²) >= 11 is 2.87. The van der Waals surface area contributed by atoms with Crippen LogP contribution >= 0.6 is 23.1 Å². The van der Waals surface area contributed by atoms with Crippen LogP contribution in [-0.2, 0) is 0 Å². The van der Waals surface area contributed by atoms with Crippen LogP contribution in [0, 0.1) is 19.7 Å². The Balaban J connectivity index is 2.00. The number of halogens is 1. The molecule has 0 aliphatic heterocycles. The van der Waals surface area contributed by atoms with Crippen LogP contribution in [0.25, 0.3) is 10.2 Å². The maximum absolute atomic E-state index is 13.7. The van der Waals surface area contributed by atoms with Gasteiger partial charge in [-0.25, -0.2) is 9.37 Å². The summed E-state index contributed by atoms with van der Waals surface area (Å²) in [6, 6.07) is 6.61. The van der Waals surface area contributed by atoms with E-state index in [0.717, 1.165) is 15.3 Å². The summed E-state index contributed by atoms with van der Waals surface area (Å²) in [5.74, 6) is 0.317. The summed E-state index contributed by atoms with van der Waals surface area (Å²) in [5.41, 5.74) is 0.859. The van der Waals surface area contributed by atoms with E-state index in [4.69, 9.17) is 0 Å². The van der Waals surface area contributed by atoms with E-state index < -0.39 is 0 Å². The zero-order chi connectivity index (χ0) is 15.9. The molecule has 2 heterocycles. The molecule has 1 N–H and O–H groups in total. The molecule has 0 fully saturated rings. The highest BCUT2D eigenvalue weighted by atomic mass is 32.2. The number of thiophene rings is 1. The Kier molecular flexibility index (Phi) is 4.06. The quantitative estimate of drug-likeness (QED) is 0.712. The Morgan fingerprint density at radius 3 is 2.77 bits per heavy atom. The molecule has 0 bridgehead atoms. The number of aromatic amines is 1. The standard InChI is InChI=1S/C16H15FN2OS2/c1-8-9(2)22-16-13(8)15(20)18-14(19-16)10(3)21-12-7-5-4-6-11(12)17/h4-7,10H,1-3H3,(H,18,19,20)/t10-/m0/s1. The van der Waals surface area contributed by atoms with Crippen molar-refractivity contribution in [1.29, 1.82) is 0 Å². The molecule has 0 unspecified atom stereocenters. The molecular formula is C16H15FN2OS2. The normalized spacial score (nSPS) is 12.7. The van der Waals surface area contributed by atoms with Crippen LogP contribution in [0.1, 0.15) is 28.4 Å². The SMILES string of the molecule is Cc1sc2nc([C@H](C)Sc3ccccc3F)[nH]c(=O)c2c1C. The molecule has 0 amide bonds. The minimum absolute atomic E-state index is 0.122. The van der Waals surface area contributed by atoms with E-state index >= 15 is 0 Å². The predicted molar refractivity (Wildman–Crippen MR) is 90.4 cm³/mol. The first kappa shape index (κ1) is 15.2. The van der Waals surface area contributed by atoms with Gasteiger partial charge in [0.1, 0.15) is 16.5 Å². The van der Waals surface area contributed by atoms with Gasteiger partial charge in [-0.15, -0.1) is 23.1 Å². The van der Waals surface area contributed by atoms with Crippen molar-refractivity contribution in [3.8, 4) is 0 Å². The highest BCUT2D eigenvalue weighted by molar-refractivity contribution is 7.99. The lowest BCUT2D eigenvalue weighted by Crippen LogP contribution is -2.12. The van der Waals surface area contributed by atoms with E-state index in [9.17, 15) is 9.18 Å². The number of fused-ring (bicyclic) bond motifs is 1. The molecule has 0 saturated heterocycles. The maximum Gasteiger partial charge on any atom is 0.259 e. The molecule has 0 radical (unpaired) electrons. The number of thioether (sulfide) groups is 1. The highest BCUT2D eigenvalue weighted by Crippen LogP contribution is 2.35. The molecule has 0 spiro atoms. The fraction of sp³-hybridized carbons (Fsp3) is 0.250. The number of nitrogens with zero attached hydrogens (tertiary/aromatic N) is 1. The minimum atomic E-state index is -0.259. The number of rotatable bonds is 3. The molecule has 0 aliphatic carbocycles. The van der Waals surface area contributed by atoms with E-state index in [1.165, 1.54) is 29.2 Å². The third-order valence-electron chi connectivity index (χ3n) is 3.58. The Labute approximate surface area is 135 Å². The van der Waals surface area contributed by atoms with Gasteiger partial charge in [0.2, 0.25) is 0 Å². The Bertz CT molecular complexity index is 901. The average Bonchev–Trinajstić information content (AvgIpc) is 2.76. The Hall–Kier alpha value is -1.66. The topological polar surface area (TPSA) is 45.8 Å². The van der Waals surface area contributed by atoms with Crippen molar-refractivity contribution in [1.82, 2.24) is 9.97 Å². The summed E-state index contributed by atoms with van der Waals surface area (Å²) in [4.78, 5) is 22.1. The summed E-state index contributed by atoms with van der Waals surface area (Å²) in [6.45, 7) is 5.83. The van der Waals surface area contributed by atoms with Gasteiger partial charge in [-0.3, -0.25) is 4.79 Å². The third kappa shape index (κ3) is 2.68. The molecule has 0 saturated carbocycles. The van der Waals surface area contributed by atoms with Crippen LogP contribution in [0.5, 0.6) is 0 Å². The molecule has 3 nitrogen and oxygen atoms in total. The first-order chi connectivity index (χ1) is 10.5. The van der Waals surface area contributed by atoms with Crippen molar-refractivity contribution in [2.45, 2.75) is 30.9 Å². The summed E-state index contributed by atoms with van der Waals surface area (Å²) in [6.07, 6.45) is 0. The molecule has 2 aromatic heterocycles. The lowest BCUT2D eigenvalue weighted by molar-refractivity contribution is 0.601. The van der Waals surface area contributed by atoms with Gasteiger partial charge in [0.15, 0.2) is 0 Å². The van der Waals surface area contributed by atoms with Crippen LogP contribution in [0.4, 0.5) is 4.39 Å². The van der Waals surface area contributed by atoms with Gasteiger partial charge in [-0.2, -0.15) is 0 Å². The molecular weight excluding hydrogens is 319 g/mol. The third-order valence-corrected chi connectivity index (χ3v) is 5.85. The van der Waals surface area contributed by atoms with Gasteiger partial charge in [0.25, 0.3) is 5.56 Å². The molecule has 1 atom stereocenters. The Morgan fingerprint density at radius 1 is 1.32 bits per heavy atom. The summed E-state index contributed by atoms with van der Waals surface area (Å²) < 4.78 is 13.7. The lowest BCUT2D eigenvalue weighted by atomic mass is 10.2. The van der Waals surface area contributed by atoms with Crippen LogP contribution in [0.15, 0.2) is 34.0 Å². The smallest absolute Gasteiger partial charge is 0.259 e. The van der Waals surface area contributed by atoms with Gasteiger partial charge in [-0.05, 0) is 38.5 Å². The summed E-state index contributed by atoms with van der Waals surface area (Å²) in [7, 11) is 0. The first-order valence-electron chi connectivity index (χ1n) is 6.88. The number of nitrogens with one attached hydrogen (secondary N) is 1. The van der Waals surface area contributed by atoms with E-state index in [2.05, 4.69) is 9.97 Å². The number of aryl methyl sites for hydroxylation is 2. The predicted octanol–water partition coefficient (Wildman–Crippen LogP) is 4.59. The van der Waals surface area contributed by atoms with E-state index in [1.54, 1.807) is 18.2 Å². The fourth-order valence-electron chi connectivity index (χ4n) is 2.25. The zero-order valence-electron chi connectivity index (χ0n) is 12.4. The molecule has 3 rings (SSSR count). The second-order valence-corrected chi connectivity index (χ2v) is 7.69. The van der Waals surface area contributed by atoms with Gasteiger partial charge in [-0.1, -0.05) is 12.1 Å². The van der Waals surface area contributed by atoms with Crippen molar-refractivity contribution < 1.29 is 4.39 Å². The number of benzene rings is 1. The zero-order valence-corrected chi connectivity index (χ0v) is 14.1. The van der Waals surface area contributed by atoms with Crippen molar-refractivity contribution in [3.05, 3.63) is 56.7 Å². The second-order valence-electron chi connectivity index (χ2n) is 5.11. The molecule has 3 aromatic rings. The van der Waals surface area contributed by atoms with Gasteiger partial charge < -0.3 is 4.98 Å². The average molecular weight is 334 g/mol. The van der Waals surface area contributed by atoms with Crippen molar-refractivity contribution in [2.24, 2.45) is 0 Å². The molecule has 22 heavy (non-hydrogen) atoms. The van der Waals surface area contributed by atoms with Crippen LogP contribution in [0.2, 0.25) is 0 Å². The molecule has 6 heteroatoms. The van der Waals surface area contributed by atoms with Crippen LogP contribution in [-0.4, -0.2) is 9.97 Å². The van der Waals surface area contributed by atoms with Gasteiger partial charge in [0.05, 0.1) is 10.6 Å². The van der Waals surface area contributed by atoms with Crippen molar-refractivity contribution in [2.75, 3.05) is 0 Å². The Morgan fingerprint density at radius 2 is 2.05 bits per heavy atom. The number of hydrogen-bond donors (Lipinski definition) is 1. The van der Waals surface area contributed by atoms with Gasteiger partial charge in [0, 0.05) is 9.77 Å². The number of hydrogen-bond acceptors (Lipinski definition) is 4. The molecule has 0 aliphatic rings. The van der Waals surface area contributed by atoms with Gasteiger partial charge >= 0.3 is 0 Å². The highest BCUT2D eigenvalue weighted by Gasteiger charge is 2.17. The lowest BCUT2D eigenvalue weighted by Gasteiger charge is -2.11. The summed E-state index contributed by atoms with van der Waals surface area (Å²) in [5, 5.41) is 0.519. The van der Waals surface area contributed by atoms with E-state index in [0.29, 0.717) is 16.1 Å².